The Kier molecular flexibility index (Phi) is 3.52. The van der Waals surface area contributed by atoms with Gasteiger partial charge >= 0.3 is 0 Å². The third kappa shape index (κ3) is 2.60. The highest BCUT2D eigenvalue weighted by molar-refractivity contribution is 7.11. The summed E-state index contributed by atoms with van der Waals surface area (Å²) in [4.78, 5) is 5.66. The van der Waals surface area contributed by atoms with Crippen LogP contribution in [0.2, 0.25) is 0 Å². The lowest BCUT2D eigenvalue weighted by Gasteiger charge is -1.90. The molecular formula is C8H14N2S. The Morgan fingerprint density at radius 3 is 3.00 bits per heavy atom. The molecule has 0 radical (unpaired) electrons. The molecule has 0 fully saturated rings. The molecule has 0 saturated heterocycles. The van der Waals surface area contributed by atoms with Gasteiger partial charge in [0.05, 0.1) is 5.01 Å². The van der Waals surface area contributed by atoms with Crippen LogP contribution in [0.5, 0.6) is 0 Å². The number of rotatable bonds is 4. The van der Waals surface area contributed by atoms with Crippen molar-refractivity contribution in [2.75, 3.05) is 6.54 Å². The zero-order valence-electron chi connectivity index (χ0n) is 6.84. The van der Waals surface area contributed by atoms with Gasteiger partial charge in [-0.1, -0.05) is 6.92 Å². The van der Waals surface area contributed by atoms with E-state index in [2.05, 4.69) is 11.9 Å². The molecular weight excluding hydrogens is 156 g/mol. The van der Waals surface area contributed by atoms with E-state index in [9.17, 15) is 0 Å². The van der Waals surface area contributed by atoms with Gasteiger partial charge in [0.15, 0.2) is 0 Å². The van der Waals surface area contributed by atoms with Gasteiger partial charge in [-0.15, -0.1) is 11.3 Å². The third-order valence-corrected chi connectivity index (χ3v) is 2.75. The fourth-order valence-electron chi connectivity index (χ4n) is 0.880. The maximum Gasteiger partial charge on any atom is 0.0928 e. The molecule has 0 atom stereocenters. The van der Waals surface area contributed by atoms with Gasteiger partial charge in [-0.3, -0.25) is 0 Å². The number of hydrogen-bond donors (Lipinski definition) is 1. The van der Waals surface area contributed by atoms with E-state index in [1.807, 2.05) is 6.20 Å². The minimum Gasteiger partial charge on any atom is -0.330 e. The van der Waals surface area contributed by atoms with Crippen LogP contribution in [0.4, 0.5) is 0 Å². The molecule has 62 valence electrons. The van der Waals surface area contributed by atoms with Gasteiger partial charge < -0.3 is 5.73 Å². The van der Waals surface area contributed by atoms with Crippen molar-refractivity contribution in [2.45, 2.75) is 26.2 Å². The Morgan fingerprint density at radius 2 is 2.45 bits per heavy atom. The van der Waals surface area contributed by atoms with E-state index in [-0.39, 0.29) is 0 Å². The SMILES string of the molecule is CCc1cnc(CCCN)s1. The Hall–Kier alpha value is -0.410. The van der Waals surface area contributed by atoms with Crippen molar-refractivity contribution in [3.8, 4) is 0 Å². The van der Waals surface area contributed by atoms with Crippen LogP contribution in [0.25, 0.3) is 0 Å². The number of aryl methyl sites for hydroxylation is 2. The van der Waals surface area contributed by atoms with Gasteiger partial charge in [-0.2, -0.15) is 0 Å². The topological polar surface area (TPSA) is 38.9 Å². The summed E-state index contributed by atoms with van der Waals surface area (Å²) in [5.41, 5.74) is 5.39. The van der Waals surface area contributed by atoms with Crippen molar-refractivity contribution in [3.63, 3.8) is 0 Å². The number of aromatic nitrogens is 1. The van der Waals surface area contributed by atoms with Gasteiger partial charge in [0, 0.05) is 17.5 Å². The summed E-state index contributed by atoms with van der Waals surface area (Å²) in [7, 11) is 0. The smallest absolute Gasteiger partial charge is 0.0928 e. The highest BCUT2D eigenvalue weighted by Gasteiger charge is 1.98. The Balaban J connectivity index is 2.44. The quantitative estimate of drug-likeness (QED) is 0.745. The van der Waals surface area contributed by atoms with Gasteiger partial charge in [0.2, 0.25) is 0 Å². The molecule has 0 spiro atoms. The van der Waals surface area contributed by atoms with Crippen molar-refractivity contribution in [2.24, 2.45) is 5.73 Å². The Bertz CT molecular complexity index is 208. The lowest BCUT2D eigenvalue weighted by atomic mass is 10.3. The number of nitrogens with zero attached hydrogens (tertiary/aromatic N) is 1. The van der Waals surface area contributed by atoms with Gasteiger partial charge in [-0.25, -0.2) is 4.98 Å². The fourth-order valence-corrected chi connectivity index (χ4v) is 1.78. The van der Waals surface area contributed by atoms with Crippen LogP contribution >= 0.6 is 11.3 Å². The summed E-state index contributed by atoms with van der Waals surface area (Å²) in [6.07, 6.45) is 5.16. The monoisotopic (exact) mass is 170 g/mol. The van der Waals surface area contributed by atoms with E-state index in [0.717, 1.165) is 25.8 Å². The minimum atomic E-state index is 0.765. The number of hydrogen-bond acceptors (Lipinski definition) is 3. The summed E-state index contributed by atoms with van der Waals surface area (Å²) < 4.78 is 0. The molecule has 0 bridgehead atoms. The van der Waals surface area contributed by atoms with E-state index in [0.29, 0.717) is 0 Å². The Morgan fingerprint density at radius 1 is 1.64 bits per heavy atom. The van der Waals surface area contributed by atoms with Crippen molar-refractivity contribution >= 4 is 11.3 Å². The molecule has 0 aromatic carbocycles. The van der Waals surface area contributed by atoms with Crippen molar-refractivity contribution in [3.05, 3.63) is 16.1 Å². The summed E-state index contributed by atoms with van der Waals surface area (Å²) in [5.74, 6) is 0. The molecule has 2 nitrogen and oxygen atoms in total. The summed E-state index contributed by atoms with van der Waals surface area (Å²) in [6.45, 7) is 2.92. The number of thiazole rings is 1. The van der Waals surface area contributed by atoms with Gasteiger partial charge in [0.25, 0.3) is 0 Å². The van der Waals surface area contributed by atoms with Crippen LogP contribution < -0.4 is 5.73 Å². The predicted molar refractivity (Wildman–Crippen MR) is 48.9 cm³/mol. The molecule has 1 aromatic heterocycles. The molecule has 2 N–H and O–H groups in total. The molecule has 0 aliphatic carbocycles. The zero-order chi connectivity index (χ0) is 8.10. The molecule has 0 amide bonds. The Labute approximate surface area is 71.5 Å². The first-order chi connectivity index (χ1) is 5.36. The van der Waals surface area contributed by atoms with Crippen LogP contribution in [0.1, 0.15) is 23.2 Å². The van der Waals surface area contributed by atoms with E-state index in [4.69, 9.17) is 5.73 Å². The van der Waals surface area contributed by atoms with Crippen molar-refractivity contribution < 1.29 is 0 Å². The van der Waals surface area contributed by atoms with Gasteiger partial charge in [-0.05, 0) is 19.4 Å². The number of nitrogens with two attached hydrogens (primary N) is 1. The predicted octanol–water partition coefficient (Wildman–Crippen LogP) is 1.60. The van der Waals surface area contributed by atoms with E-state index < -0.39 is 0 Å². The van der Waals surface area contributed by atoms with Crippen LogP contribution in [0.3, 0.4) is 0 Å². The fraction of sp³-hybridized carbons (Fsp3) is 0.625. The first kappa shape index (κ1) is 8.68. The highest BCUT2D eigenvalue weighted by atomic mass is 32.1. The summed E-state index contributed by atoms with van der Waals surface area (Å²) in [6, 6.07) is 0. The van der Waals surface area contributed by atoms with Crippen molar-refractivity contribution in [1.82, 2.24) is 4.98 Å². The molecule has 0 aliphatic heterocycles. The normalized spacial score (nSPS) is 10.4. The average molecular weight is 170 g/mol. The van der Waals surface area contributed by atoms with Gasteiger partial charge in [0.1, 0.15) is 0 Å². The lowest BCUT2D eigenvalue weighted by Crippen LogP contribution is -1.99. The zero-order valence-corrected chi connectivity index (χ0v) is 7.66. The summed E-state index contributed by atoms with van der Waals surface area (Å²) >= 11 is 1.81. The highest BCUT2D eigenvalue weighted by Crippen LogP contribution is 2.14. The van der Waals surface area contributed by atoms with Crippen LogP contribution in [-0.4, -0.2) is 11.5 Å². The second-order valence-electron chi connectivity index (χ2n) is 2.47. The third-order valence-electron chi connectivity index (χ3n) is 1.54. The minimum absolute atomic E-state index is 0.765. The van der Waals surface area contributed by atoms with E-state index in [1.54, 1.807) is 11.3 Å². The van der Waals surface area contributed by atoms with E-state index >= 15 is 0 Å². The first-order valence-electron chi connectivity index (χ1n) is 4.00. The summed E-state index contributed by atoms with van der Waals surface area (Å²) in [5, 5.41) is 1.23. The molecule has 1 heterocycles. The first-order valence-corrected chi connectivity index (χ1v) is 4.82. The van der Waals surface area contributed by atoms with E-state index in [1.165, 1.54) is 9.88 Å². The molecule has 0 saturated carbocycles. The van der Waals surface area contributed by atoms with Crippen LogP contribution in [0, 0.1) is 0 Å². The second kappa shape index (κ2) is 4.46. The molecule has 3 heteroatoms. The largest absolute Gasteiger partial charge is 0.330 e. The standard InChI is InChI=1S/C8H14N2S/c1-2-7-6-10-8(11-7)4-3-5-9/h6H,2-5,9H2,1H3. The molecule has 0 unspecified atom stereocenters. The van der Waals surface area contributed by atoms with Crippen LogP contribution in [-0.2, 0) is 12.8 Å². The maximum absolute atomic E-state index is 5.39. The lowest BCUT2D eigenvalue weighted by molar-refractivity contribution is 0.826. The maximum atomic E-state index is 5.39. The van der Waals surface area contributed by atoms with Crippen LogP contribution in [0.15, 0.2) is 6.20 Å². The molecule has 0 aliphatic rings. The average Bonchev–Trinajstić information content (AvgIpc) is 2.48. The second-order valence-corrected chi connectivity index (χ2v) is 3.67. The molecule has 11 heavy (non-hydrogen) atoms. The molecule has 1 rings (SSSR count). The molecule has 1 aromatic rings. The van der Waals surface area contributed by atoms with Crippen molar-refractivity contribution in [1.29, 1.82) is 0 Å².